The van der Waals surface area contributed by atoms with Crippen LogP contribution in [0, 0.1) is 0 Å². The number of hydrogen-bond acceptors (Lipinski definition) is 4. The highest BCUT2D eigenvalue weighted by Crippen LogP contribution is 2.12. The third-order valence-corrected chi connectivity index (χ3v) is 2.54. The van der Waals surface area contributed by atoms with E-state index in [1.54, 1.807) is 30.3 Å². The van der Waals surface area contributed by atoms with Gasteiger partial charge in [0.05, 0.1) is 6.54 Å². The first-order valence-electron chi connectivity index (χ1n) is 5.83. The summed E-state index contributed by atoms with van der Waals surface area (Å²) in [5.74, 6) is -0.655. The number of urea groups is 1. The van der Waals surface area contributed by atoms with E-state index < -0.39 is 18.0 Å². The van der Waals surface area contributed by atoms with E-state index in [2.05, 4.69) is 25.8 Å². The number of carbonyl (C=O) groups excluding carboxylic acids is 1. The van der Waals surface area contributed by atoms with Crippen molar-refractivity contribution in [2.45, 2.75) is 12.6 Å². The summed E-state index contributed by atoms with van der Waals surface area (Å²) in [4.78, 5) is 26.7. The number of nitrogens with one attached hydrogen (secondary N) is 3. The quantitative estimate of drug-likeness (QED) is 0.630. The van der Waals surface area contributed by atoms with Crippen molar-refractivity contribution in [1.82, 2.24) is 25.8 Å². The molecule has 0 fully saturated rings. The van der Waals surface area contributed by atoms with E-state index in [0.29, 0.717) is 11.4 Å². The van der Waals surface area contributed by atoms with Crippen LogP contribution in [0.1, 0.15) is 17.4 Å². The monoisotopic (exact) mass is 275 g/mol. The number of carbonyl (C=O) groups is 2. The molecule has 0 aliphatic rings. The number of carboxylic acid groups (broad SMARTS) is 1. The normalized spacial score (nSPS) is 11.6. The average molecular weight is 275 g/mol. The smallest absolute Gasteiger partial charge is 0.330 e. The molecule has 0 bridgehead atoms. The molecule has 8 nitrogen and oxygen atoms in total. The van der Waals surface area contributed by atoms with Gasteiger partial charge in [-0.2, -0.15) is 5.10 Å². The summed E-state index contributed by atoms with van der Waals surface area (Å²) in [6.45, 7) is 0.132. The molecule has 1 heterocycles. The van der Waals surface area contributed by atoms with E-state index in [1.807, 2.05) is 0 Å². The van der Waals surface area contributed by atoms with Gasteiger partial charge in [0.25, 0.3) is 0 Å². The highest BCUT2D eigenvalue weighted by Gasteiger charge is 2.21. The van der Waals surface area contributed by atoms with E-state index in [1.165, 1.54) is 6.33 Å². The molecule has 0 saturated carbocycles. The number of aromatic amines is 1. The van der Waals surface area contributed by atoms with Crippen molar-refractivity contribution in [3.05, 3.63) is 48.0 Å². The van der Waals surface area contributed by atoms with Crippen molar-refractivity contribution in [2.75, 3.05) is 0 Å². The fourth-order valence-electron chi connectivity index (χ4n) is 1.60. The van der Waals surface area contributed by atoms with Crippen molar-refractivity contribution in [2.24, 2.45) is 0 Å². The van der Waals surface area contributed by atoms with Crippen molar-refractivity contribution in [1.29, 1.82) is 0 Å². The zero-order valence-electron chi connectivity index (χ0n) is 10.4. The third-order valence-electron chi connectivity index (χ3n) is 2.54. The topological polar surface area (TPSA) is 120 Å². The van der Waals surface area contributed by atoms with Crippen LogP contribution in [0.25, 0.3) is 0 Å². The molecule has 0 spiro atoms. The number of nitrogens with zero attached hydrogens (tertiary/aromatic N) is 2. The molecular formula is C12H13N5O3. The van der Waals surface area contributed by atoms with Gasteiger partial charge in [-0.1, -0.05) is 30.3 Å². The molecule has 104 valence electrons. The van der Waals surface area contributed by atoms with Gasteiger partial charge in [-0.25, -0.2) is 14.6 Å². The number of aromatic nitrogens is 3. The minimum atomic E-state index is -1.13. The number of benzene rings is 1. The van der Waals surface area contributed by atoms with E-state index in [0.717, 1.165) is 0 Å². The molecule has 1 atom stereocenters. The Labute approximate surface area is 114 Å². The summed E-state index contributed by atoms with van der Waals surface area (Å²) in [6.07, 6.45) is 1.32. The zero-order chi connectivity index (χ0) is 14.4. The lowest BCUT2D eigenvalue weighted by Gasteiger charge is -2.15. The van der Waals surface area contributed by atoms with E-state index in [-0.39, 0.29) is 6.54 Å². The second-order valence-electron chi connectivity index (χ2n) is 3.94. The summed E-state index contributed by atoms with van der Waals surface area (Å²) in [5, 5.41) is 20.2. The lowest BCUT2D eigenvalue weighted by molar-refractivity contribution is -0.139. The molecule has 2 rings (SSSR count). The highest BCUT2D eigenvalue weighted by molar-refractivity contribution is 5.83. The van der Waals surface area contributed by atoms with Crippen LogP contribution in [0.4, 0.5) is 4.79 Å². The number of carboxylic acids is 1. The number of amides is 2. The Morgan fingerprint density at radius 3 is 2.65 bits per heavy atom. The molecule has 0 saturated heterocycles. The molecule has 1 aromatic carbocycles. The fourth-order valence-corrected chi connectivity index (χ4v) is 1.60. The van der Waals surface area contributed by atoms with E-state index in [4.69, 9.17) is 5.11 Å². The number of rotatable bonds is 5. The van der Waals surface area contributed by atoms with Gasteiger partial charge in [-0.3, -0.25) is 5.10 Å². The van der Waals surface area contributed by atoms with Crippen LogP contribution in [-0.2, 0) is 11.3 Å². The number of hydrogen-bond donors (Lipinski definition) is 4. The minimum absolute atomic E-state index is 0.132. The van der Waals surface area contributed by atoms with Crippen LogP contribution in [0.15, 0.2) is 36.7 Å². The van der Waals surface area contributed by atoms with Crippen LogP contribution < -0.4 is 10.6 Å². The molecule has 1 aromatic heterocycles. The first-order chi connectivity index (χ1) is 9.66. The molecule has 0 unspecified atom stereocenters. The Balaban J connectivity index is 1.95. The number of aliphatic carboxylic acids is 1. The molecule has 2 aromatic rings. The van der Waals surface area contributed by atoms with Crippen molar-refractivity contribution >= 4 is 12.0 Å². The van der Waals surface area contributed by atoms with Crippen LogP contribution in [0.2, 0.25) is 0 Å². The Bertz CT molecular complexity index is 570. The van der Waals surface area contributed by atoms with Gasteiger partial charge in [-0.15, -0.1) is 0 Å². The van der Waals surface area contributed by atoms with Crippen LogP contribution in [0.3, 0.4) is 0 Å². The van der Waals surface area contributed by atoms with Gasteiger partial charge in [-0.05, 0) is 5.56 Å². The Hall–Kier alpha value is -2.90. The average Bonchev–Trinajstić information content (AvgIpc) is 2.96. The standard InChI is InChI=1S/C12H13N5O3/c18-11(19)10(8-4-2-1-3-5-8)16-12(20)13-6-9-14-7-15-17-9/h1-5,7,10H,6H2,(H,18,19)(H2,13,16,20)(H,14,15,17)/t10-/m1/s1. The summed E-state index contributed by atoms with van der Waals surface area (Å²) < 4.78 is 0. The van der Waals surface area contributed by atoms with Gasteiger partial charge < -0.3 is 15.7 Å². The number of H-pyrrole nitrogens is 1. The molecule has 20 heavy (non-hydrogen) atoms. The van der Waals surface area contributed by atoms with Gasteiger partial charge in [0.15, 0.2) is 6.04 Å². The molecule has 0 aliphatic carbocycles. The lowest BCUT2D eigenvalue weighted by atomic mass is 10.1. The molecule has 2 amide bonds. The predicted octanol–water partition coefficient (Wildman–Crippen LogP) is 0.430. The second-order valence-corrected chi connectivity index (χ2v) is 3.94. The largest absolute Gasteiger partial charge is 0.479 e. The van der Waals surface area contributed by atoms with Crippen LogP contribution in [0.5, 0.6) is 0 Å². The lowest BCUT2D eigenvalue weighted by Crippen LogP contribution is -2.40. The summed E-state index contributed by atoms with van der Waals surface area (Å²) in [5.41, 5.74) is 0.495. The van der Waals surface area contributed by atoms with E-state index >= 15 is 0 Å². The highest BCUT2D eigenvalue weighted by atomic mass is 16.4. The Morgan fingerprint density at radius 2 is 2.05 bits per heavy atom. The van der Waals surface area contributed by atoms with Crippen LogP contribution in [-0.4, -0.2) is 32.3 Å². The van der Waals surface area contributed by atoms with Gasteiger partial charge in [0.2, 0.25) is 0 Å². The molecule has 0 aliphatic heterocycles. The van der Waals surface area contributed by atoms with Crippen molar-refractivity contribution in [3.63, 3.8) is 0 Å². The predicted molar refractivity (Wildman–Crippen MR) is 68.6 cm³/mol. The Kier molecular flexibility index (Phi) is 4.28. The third kappa shape index (κ3) is 3.55. The Morgan fingerprint density at radius 1 is 1.30 bits per heavy atom. The summed E-state index contributed by atoms with van der Waals surface area (Å²) >= 11 is 0. The molecule has 4 N–H and O–H groups in total. The van der Waals surface area contributed by atoms with Crippen molar-refractivity contribution < 1.29 is 14.7 Å². The van der Waals surface area contributed by atoms with Gasteiger partial charge in [0, 0.05) is 0 Å². The van der Waals surface area contributed by atoms with Crippen molar-refractivity contribution in [3.8, 4) is 0 Å². The molecular weight excluding hydrogens is 262 g/mol. The van der Waals surface area contributed by atoms with Gasteiger partial charge >= 0.3 is 12.0 Å². The zero-order valence-corrected chi connectivity index (χ0v) is 10.4. The SMILES string of the molecule is O=C(NCc1ncn[nH]1)N[C@@H](C(=O)O)c1ccccc1. The van der Waals surface area contributed by atoms with Crippen LogP contribution >= 0.6 is 0 Å². The van der Waals surface area contributed by atoms with E-state index in [9.17, 15) is 9.59 Å². The maximum absolute atomic E-state index is 11.7. The summed E-state index contributed by atoms with van der Waals surface area (Å²) in [7, 11) is 0. The molecule has 0 radical (unpaired) electrons. The minimum Gasteiger partial charge on any atom is -0.479 e. The second kappa shape index (κ2) is 6.32. The van der Waals surface area contributed by atoms with Gasteiger partial charge in [0.1, 0.15) is 12.2 Å². The maximum atomic E-state index is 11.7. The first kappa shape index (κ1) is 13.5. The first-order valence-corrected chi connectivity index (χ1v) is 5.83. The fraction of sp³-hybridized carbons (Fsp3) is 0.167. The maximum Gasteiger partial charge on any atom is 0.330 e. The molecule has 8 heteroatoms. The summed E-state index contributed by atoms with van der Waals surface area (Å²) in [6, 6.07) is 6.75.